The highest BCUT2D eigenvalue weighted by molar-refractivity contribution is 6.07. The van der Waals surface area contributed by atoms with E-state index in [2.05, 4.69) is 5.32 Å². The predicted molar refractivity (Wildman–Crippen MR) is 106 cm³/mol. The molecule has 2 aromatic rings. The highest BCUT2D eigenvalue weighted by atomic mass is 16.5. The highest BCUT2D eigenvalue weighted by Crippen LogP contribution is 2.35. The normalized spacial score (nSPS) is 12.8. The van der Waals surface area contributed by atoms with E-state index in [0.717, 1.165) is 16.9 Å². The van der Waals surface area contributed by atoms with Crippen LogP contribution in [0.15, 0.2) is 59.7 Å². The molecule has 0 aromatic heterocycles. The van der Waals surface area contributed by atoms with E-state index in [9.17, 15) is 10.1 Å². The summed E-state index contributed by atoms with van der Waals surface area (Å²) in [5.41, 5.74) is 2.13. The van der Waals surface area contributed by atoms with E-state index >= 15 is 0 Å². The molecule has 0 saturated carbocycles. The Morgan fingerprint density at radius 2 is 2.07 bits per heavy atom. The van der Waals surface area contributed by atoms with Crippen molar-refractivity contribution < 1.29 is 19.0 Å². The van der Waals surface area contributed by atoms with Crippen LogP contribution in [0.3, 0.4) is 0 Å². The minimum Gasteiger partial charge on any atom is -0.494 e. The van der Waals surface area contributed by atoms with E-state index in [-0.39, 0.29) is 12.2 Å². The van der Waals surface area contributed by atoms with Crippen LogP contribution in [0.25, 0.3) is 6.08 Å². The summed E-state index contributed by atoms with van der Waals surface area (Å²) >= 11 is 0. The molecule has 1 N–H and O–H groups in total. The molecule has 142 valence electrons. The molecule has 6 heteroatoms. The number of benzene rings is 2. The molecule has 28 heavy (non-hydrogen) atoms. The number of rotatable bonds is 6. The Kier molecular flexibility index (Phi) is 5.97. The molecule has 1 amide bonds. The summed E-state index contributed by atoms with van der Waals surface area (Å²) in [6.07, 6.45) is 3.41. The van der Waals surface area contributed by atoms with Crippen molar-refractivity contribution in [3.05, 3.63) is 65.3 Å². The predicted octanol–water partition coefficient (Wildman–Crippen LogP) is 3.96. The maximum Gasteiger partial charge on any atom is 0.266 e. The standard InChI is InChI=1S/C22H20N2O4/c1-3-27-19-9-7-18(8-10-19)24-22(25)17(13-23)12-15-11-16-5-4-6-20(26-2)21(16)28-14-15/h4-12H,3,14H2,1-2H3,(H,24,25)/b17-12-. The van der Waals surface area contributed by atoms with Crippen LogP contribution in [0.4, 0.5) is 5.69 Å². The number of anilines is 1. The highest BCUT2D eigenvalue weighted by Gasteiger charge is 2.17. The summed E-state index contributed by atoms with van der Waals surface area (Å²) in [6.45, 7) is 2.71. The fourth-order valence-corrected chi connectivity index (χ4v) is 2.78. The Morgan fingerprint density at radius 3 is 2.75 bits per heavy atom. The van der Waals surface area contributed by atoms with E-state index < -0.39 is 5.91 Å². The molecule has 6 nitrogen and oxygen atoms in total. The molecular weight excluding hydrogens is 356 g/mol. The van der Waals surface area contributed by atoms with Crippen LogP contribution < -0.4 is 19.5 Å². The number of nitriles is 1. The smallest absolute Gasteiger partial charge is 0.266 e. The van der Waals surface area contributed by atoms with Gasteiger partial charge in [-0.3, -0.25) is 4.79 Å². The van der Waals surface area contributed by atoms with E-state index in [0.29, 0.717) is 23.8 Å². The van der Waals surface area contributed by atoms with Crippen LogP contribution in [-0.2, 0) is 4.79 Å². The number of carbonyl (C=O) groups excluding carboxylic acids is 1. The van der Waals surface area contributed by atoms with Gasteiger partial charge >= 0.3 is 0 Å². The van der Waals surface area contributed by atoms with Crippen molar-refractivity contribution in [2.45, 2.75) is 6.92 Å². The van der Waals surface area contributed by atoms with Gasteiger partial charge in [0.2, 0.25) is 0 Å². The Morgan fingerprint density at radius 1 is 1.29 bits per heavy atom. The molecule has 0 radical (unpaired) electrons. The van der Waals surface area contributed by atoms with Crippen LogP contribution in [0.2, 0.25) is 0 Å². The quantitative estimate of drug-likeness (QED) is 0.610. The summed E-state index contributed by atoms with van der Waals surface area (Å²) < 4.78 is 16.4. The lowest BCUT2D eigenvalue weighted by Gasteiger charge is -2.18. The van der Waals surface area contributed by atoms with Crippen molar-refractivity contribution in [2.24, 2.45) is 0 Å². The number of methoxy groups -OCH3 is 1. The van der Waals surface area contributed by atoms with Gasteiger partial charge in [-0.05, 0) is 55.0 Å². The minimum absolute atomic E-state index is 0.00455. The van der Waals surface area contributed by atoms with Gasteiger partial charge in [0.05, 0.1) is 13.7 Å². The van der Waals surface area contributed by atoms with Gasteiger partial charge in [-0.2, -0.15) is 5.26 Å². The third-order valence-corrected chi connectivity index (χ3v) is 4.07. The second-order valence-corrected chi connectivity index (χ2v) is 5.97. The van der Waals surface area contributed by atoms with Crippen LogP contribution in [0, 0.1) is 11.3 Å². The fourth-order valence-electron chi connectivity index (χ4n) is 2.78. The minimum atomic E-state index is -0.482. The van der Waals surface area contributed by atoms with Gasteiger partial charge in [-0.15, -0.1) is 0 Å². The number of carbonyl (C=O) groups is 1. The second-order valence-electron chi connectivity index (χ2n) is 5.97. The Bertz CT molecular complexity index is 969. The molecule has 0 aliphatic carbocycles. The van der Waals surface area contributed by atoms with Crippen molar-refractivity contribution in [3.63, 3.8) is 0 Å². The molecule has 3 rings (SSSR count). The van der Waals surface area contributed by atoms with Crippen molar-refractivity contribution in [3.8, 4) is 23.3 Å². The van der Waals surface area contributed by atoms with E-state index in [4.69, 9.17) is 14.2 Å². The van der Waals surface area contributed by atoms with Gasteiger partial charge in [0.25, 0.3) is 5.91 Å². The number of nitrogens with zero attached hydrogens (tertiary/aromatic N) is 1. The molecule has 1 heterocycles. The first kappa shape index (κ1) is 19.1. The molecule has 0 atom stereocenters. The third kappa shape index (κ3) is 4.33. The largest absolute Gasteiger partial charge is 0.494 e. The second kappa shape index (κ2) is 8.78. The molecule has 1 aliphatic heterocycles. The van der Waals surface area contributed by atoms with E-state index in [1.807, 2.05) is 37.3 Å². The van der Waals surface area contributed by atoms with Crippen molar-refractivity contribution in [1.29, 1.82) is 5.26 Å². The first-order valence-corrected chi connectivity index (χ1v) is 8.81. The lowest BCUT2D eigenvalue weighted by atomic mass is 10.0. The van der Waals surface area contributed by atoms with E-state index in [1.54, 1.807) is 31.4 Å². The van der Waals surface area contributed by atoms with Gasteiger partial charge in [0, 0.05) is 11.3 Å². The maximum atomic E-state index is 12.5. The van der Waals surface area contributed by atoms with E-state index in [1.165, 1.54) is 6.08 Å². The number of fused-ring (bicyclic) bond motifs is 1. The number of nitrogens with one attached hydrogen (secondary N) is 1. The van der Waals surface area contributed by atoms with Crippen LogP contribution in [0.5, 0.6) is 17.2 Å². The molecule has 0 bridgehead atoms. The van der Waals surface area contributed by atoms with Gasteiger partial charge in [0.1, 0.15) is 24.0 Å². The zero-order valence-electron chi connectivity index (χ0n) is 15.7. The van der Waals surface area contributed by atoms with Crippen molar-refractivity contribution in [2.75, 3.05) is 25.6 Å². The third-order valence-electron chi connectivity index (χ3n) is 4.07. The monoisotopic (exact) mass is 376 g/mol. The van der Waals surface area contributed by atoms with Crippen molar-refractivity contribution >= 4 is 17.7 Å². The lowest BCUT2D eigenvalue weighted by Crippen LogP contribution is -2.15. The lowest BCUT2D eigenvalue weighted by molar-refractivity contribution is -0.112. The first-order valence-electron chi connectivity index (χ1n) is 8.81. The molecule has 0 unspecified atom stereocenters. The summed E-state index contributed by atoms with van der Waals surface area (Å²) in [7, 11) is 1.58. The first-order chi connectivity index (χ1) is 13.6. The van der Waals surface area contributed by atoms with Gasteiger partial charge in [-0.25, -0.2) is 0 Å². The van der Waals surface area contributed by atoms with Crippen LogP contribution in [-0.4, -0.2) is 26.2 Å². The Balaban J connectivity index is 1.77. The summed E-state index contributed by atoms with van der Waals surface area (Å²) in [4.78, 5) is 12.5. The van der Waals surface area contributed by atoms with Gasteiger partial charge in [0.15, 0.2) is 11.5 Å². The van der Waals surface area contributed by atoms with Crippen molar-refractivity contribution in [1.82, 2.24) is 0 Å². The summed E-state index contributed by atoms with van der Waals surface area (Å²) in [5, 5.41) is 12.1. The molecule has 0 fully saturated rings. The zero-order valence-corrected chi connectivity index (χ0v) is 15.7. The number of para-hydroxylation sites is 1. The summed E-state index contributed by atoms with van der Waals surface area (Å²) in [6, 6.07) is 14.5. The maximum absolute atomic E-state index is 12.5. The van der Waals surface area contributed by atoms with Crippen LogP contribution in [0.1, 0.15) is 12.5 Å². The number of ether oxygens (including phenoxy) is 3. The van der Waals surface area contributed by atoms with Gasteiger partial charge in [-0.1, -0.05) is 12.1 Å². The zero-order chi connectivity index (χ0) is 19.9. The van der Waals surface area contributed by atoms with Gasteiger partial charge < -0.3 is 19.5 Å². The van der Waals surface area contributed by atoms with Crippen LogP contribution >= 0.6 is 0 Å². The molecule has 0 saturated heterocycles. The number of hydrogen-bond donors (Lipinski definition) is 1. The molecule has 1 aliphatic rings. The Labute approximate surface area is 163 Å². The molecular formula is C22H20N2O4. The number of hydrogen-bond acceptors (Lipinski definition) is 5. The fraction of sp³-hybridized carbons (Fsp3) is 0.182. The molecule has 0 spiro atoms. The summed E-state index contributed by atoms with van der Waals surface area (Å²) in [5.74, 6) is 1.53. The molecule has 2 aromatic carbocycles. The average molecular weight is 376 g/mol. The topological polar surface area (TPSA) is 80.6 Å². The number of amides is 1. The average Bonchev–Trinajstić information content (AvgIpc) is 2.72. The Hall–Kier alpha value is -3.72. The SMILES string of the molecule is CCOc1ccc(NC(=O)/C(C#N)=C\C2=Cc3cccc(OC)c3OC2)cc1.